The number of benzene rings is 1. The molecule has 1 amide bonds. The summed E-state index contributed by atoms with van der Waals surface area (Å²) in [6.45, 7) is 7.20. The second-order valence-corrected chi connectivity index (χ2v) is 7.19. The van der Waals surface area contributed by atoms with E-state index in [0.717, 1.165) is 5.56 Å². The normalized spacial score (nSPS) is 12.5. The molecule has 27 heavy (non-hydrogen) atoms. The van der Waals surface area contributed by atoms with Gasteiger partial charge in [0.05, 0.1) is 13.5 Å². The van der Waals surface area contributed by atoms with Crippen LogP contribution in [0, 0.1) is 5.41 Å². The van der Waals surface area contributed by atoms with E-state index in [-0.39, 0.29) is 30.0 Å². The van der Waals surface area contributed by atoms with Crippen LogP contribution in [0.15, 0.2) is 24.3 Å². The molecule has 0 saturated heterocycles. The van der Waals surface area contributed by atoms with Crippen molar-refractivity contribution in [3.8, 4) is 11.5 Å². The number of nitrogens with two attached hydrogens (primary N) is 1. The molecule has 0 aliphatic rings. The van der Waals surface area contributed by atoms with Gasteiger partial charge in [0, 0.05) is 5.41 Å². The fraction of sp³-hybridized carbons (Fsp3) is 0.450. The fourth-order valence-electron chi connectivity index (χ4n) is 2.17. The number of carbonyl (C=O) groups is 3. The molecule has 0 aromatic heterocycles. The molecule has 2 N–H and O–H groups in total. The fourth-order valence-corrected chi connectivity index (χ4v) is 2.17. The predicted octanol–water partition coefficient (Wildman–Crippen LogP) is 3.15. The first-order valence-electron chi connectivity index (χ1n) is 8.50. The molecule has 1 rings (SSSR count). The van der Waals surface area contributed by atoms with Crippen molar-refractivity contribution in [2.75, 3.05) is 13.7 Å². The Labute approximate surface area is 159 Å². The van der Waals surface area contributed by atoms with Gasteiger partial charge in [-0.25, -0.2) is 4.79 Å². The van der Waals surface area contributed by atoms with Crippen molar-refractivity contribution < 1.29 is 28.6 Å². The maximum absolute atomic E-state index is 11.6. The van der Waals surface area contributed by atoms with Crippen LogP contribution in [0.4, 0.5) is 4.79 Å². The number of hydrogen-bond acceptors (Lipinski definition) is 6. The zero-order valence-corrected chi connectivity index (χ0v) is 16.4. The Hall–Kier alpha value is -2.83. The van der Waals surface area contributed by atoms with Gasteiger partial charge in [0.15, 0.2) is 17.3 Å². The van der Waals surface area contributed by atoms with Crippen LogP contribution in [0.3, 0.4) is 0 Å². The van der Waals surface area contributed by atoms with Gasteiger partial charge in [-0.2, -0.15) is 0 Å². The van der Waals surface area contributed by atoms with Crippen LogP contribution in [-0.4, -0.2) is 37.5 Å². The Morgan fingerprint density at radius 2 is 1.85 bits per heavy atom. The van der Waals surface area contributed by atoms with Crippen molar-refractivity contribution in [2.24, 2.45) is 11.1 Å². The van der Waals surface area contributed by atoms with E-state index in [1.165, 1.54) is 20.1 Å². The average molecular weight is 377 g/mol. The number of ketones is 2. The van der Waals surface area contributed by atoms with Gasteiger partial charge in [0.1, 0.15) is 18.5 Å². The summed E-state index contributed by atoms with van der Waals surface area (Å²) in [5.74, 6) is 0.478. The minimum Gasteiger partial charge on any atom is -0.493 e. The number of ether oxygens (including phenoxy) is 3. The van der Waals surface area contributed by atoms with E-state index in [9.17, 15) is 14.4 Å². The lowest BCUT2D eigenvalue weighted by molar-refractivity contribution is -0.123. The van der Waals surface area contributed by atoms with Gasteiger partial charge < -0.3 is 19.9 Å². The van der Waals surface area contributed by atoms with Gasteiger partial charge in [0.25, 0.3) is 0 Å². The molecule has 0 fully saturated rings. The third-order valence-corrected chi connectivity index (χ3v) is 3.69. The minimum atomic E-state index is -0.860. The molecule has 0 spiro atoms. The molecule has 1 unspecified atom stereocenters. The van der Waals surface area contributed by atoms with Gasteiger partial charge in [-0.3, -0.25) is 9.59 Å². The van der Waals surface area contributed by atoms with E-state index in [0.29, 0.717) is 11.5 Å². The van der Waals surface area contributed by atoms with Crippen molar-refractivity contribution in [1.29, 1.82) is 0 Å². The topological polar surface area (TPSA) is 105 Å². The molecule has 0 aliphatic carbocycles. The van der Waals surface area contributed by atoms with Gasteiger partial charge >= 0.3 is 6.09 Å². The highest BCUT2D eigenvalue weighted by atomic mass is 16.6. The predicted molar refractivity (Wildman–Crippen MR) is 102 cm³/mol. The summed E-state index contributed by atoms with van der Waals surface area (Å²) in [6.07, 6.45) is 1.44. The van der Waals surface area contributed by atoms with Crippen molar-refractivity contribution in [3.05, 3.63) is 29.8 Å². The quantitative estimate of drug-likeness (QED) is 0.523. The number of carbonyl (C=O) groups excluding carboxylic acids is 3. The SMILES string of the molecule is COc1cc(/C=C/C(=O)CC(C)=O)ccc1OCC(OC(N)=O)C(C)(C)C. The van der Waals surface area contributed by atoms with Crippen molar-refractivity contribution in [3.63, 3.8) is 0 Å². The van der Waals surface area contributed by atoms with E-state index in [1.807, 2.05) is 20.8 Å². The lowest BCUT2D eigenvalue weighted by atomic mass is 9.89. The maximum Gasteiger partial charge on any atom is 0.404 e. The van der Waals surface area contributed by atoms with Gasteiger partial charge in [-0.15, -0.1) is 0 Å². The van der Waals surface area contributed by atoms with Gasteiger partial charge in [-0.1, -0.05) is 32.9 Å². The molecule has 1 aromatic carbocycles. The highest BCUT2D eigenvalue weighted by Crippen LogP contribution is 2.30. The van der Waals surface area contributed by atoms with Gasteiger partial charge in [-0.05, 0) is 30.7 Å². The molecular formula is C20H27NO6. The Balaban J connectivity index is 2.87. The molecule has 0 aliphatic heterocycles. The minimum absolute atomic E-state index is 0.106. The number of primary amides is 1. The van der Waals surface area contributed by atoms with E-state index in [1.54, 1.807) is 24.3 Å². The van der Waals surface area contributed by atoms with E-state index < -0.39 is 12.2 Å². The van der Waals surface area contributed by atoms with Gasteiger partial charge in [0.2, 0.25) is 0 Å². The molecule has 148 valence electrons. The Bertz CT molecular complexity index is 718. The first-order chi connectivity index (χ1) is 12.5. The summed E-state index contributed by atoms with van der Waals surface area (Å²) < 4.78 is 16.2. The number of Topliss-reactive ketones (excluding diaryl/α,β-unsaturated/α-hetero) is 1. The molecular weight excluding hydrogens is 350 g/mol. The third kappa shape index (κ3) is 7.94. The first-order valence-corrected chi connectivity index (χ1v) is 8.50. The number of amides is 1. The smallest absolute Gasteiger partial charge is 0.404 e. The average Bonchev–Trinajstić information content (AvgIpc) is 2.55. The van der Waals surface area contributed by atoms with Crippen LogP contribution < -0.4 is 15.2 Å². The Morgan fingerprint density at radius 1 is 1.19 bits per heavy atom. The second kappa shape index (κ2) is 9.75. The van der Waals surface area contributed by atoms with Crippen LogP contribution in [-0.2, 0) is 14.3 Å². The Morgan fingerprint density at radius 3 is 2.37 bits per heavy atom. The lowest BCUT2D eigenvalue weighted by Crippen LogP contribution is -2.38. The molecule has 0 heterocycles. The summed E-state index contributed by atoms with van der Waals surface area (Å²) in [5, 5.41) is 0. The largest absolute Gasteiger partial charge is 0.493 e. The monoisotopic (exact) mass is 377 g/mol. The van der Waals surface area contributed by atoms with Crippen molar-refractivity contribution in [2.45, 2.75) is 40.2 Å². The maximum atomic E-state index is 11.6. The standard InChI is InChI=1S/C20H27NO6/c1-13(22)10-15(23)8-6-14-7-9-16(17(11-14)25-5)26-12-18(20(2,3)4)27-19(21)24/h6-9,11,18H,10,12H2,1-5H3,(H2,21,24)/b8-6+. The zero-order valence-electron chi connectivity index (χ0n) is 16.4. The summed E-state index contributed by atoms with van der Waals surface area (Å²) in [5.41, 5.74) is 5.49. The number of methoxy groups -OCH3 is 1. The molecule has 0 radical (unpaired) electrons. The van der Waals surface area contributed by atoms with Crippen LogP contribution >= 0.6 is 0 Å². The highest BCUT2D eigenvalue weighted by Gasteiger charge is 2.29. The van der Waals surface area contributed by atoms with E-state index in [2.05, 4.69) is 0 Å². The summed E-state index contributed by atoms with van der Waals surface area (Å²) in [6, 6.07) is 5.14. The number of allylic oxidation sites excluding steroid dienone is 1. The van der Waals surface area contributed by atoms with Crippen LogP contribution in [0.1, 0.15) is 39.7 Å². The molecule has 0 bridgehead atoms. The van der Waals surface area contributed by atoms with E-state index in [4.69, 9.17) is 19.9 Å². The van der Waals surface area contributed by atoms with Crippen molar-refractivity contribution >= 4 is 23.7 Å². The van der Waals surface area contributed by atoms with E-state index >= 15 is 0 Å². The summed E-state index contributed by atoms with van der Waals surface area (Å²) in [7, 11) is 1.50. The highest BCUT2D eigenvalue weighted by molar-refractivity contribution is 6.05. The molecule has 7 nitrogen and oxygen atoms in total. The van der Waals surface area contributed by atoms with Crippen LogP contribution in [0.5, 0.6) is 11.5 Å². The number of hydrogen-bond donors (Lipinski definition) is 1. The van der Waals surface area contributed by atoms with Crippen LogP contribution in [0.2, 0.25) is 0 Å². The summed E-state index contributed by atoms with van der Waals surface area (Å²) >= 11 is 0. The van der Waals surface area contributed by atoms with Crippen LogP contribution in [0.25, 0.3) is 6.08 Å². The third-order valence-electron chi connectivity index (χ3n) is 3.69. The molecule has 1 aromatic rings. The molecule has 1 atom stereocenters. The molecule has 7 heteroatoms. The molecule has 0 saturated carbocycles. The second-order valence-electron chi connectivity index (χ2n) is 7.19. The number of rotatable bonds is 9. The first kappa shape index (κ1) is 22.2. The van der Waals surface area contributed by atoms with Crippen molar-refractivity contribution in [1.82, 2.24) is 0 Å². The zero-order chi connectivity index (χ0) is 20.6. The lowest BCUT2D eigenvalue weighted by Gasteiger charge is -2.29. The Kier molecular flexibility index (Phi) is 8.02. The summed E-state index contributed by atoms with van der Waals surface area (Å²) in [4.78, 5) is 33.6.